The van der Waals surface area contributed by atoms with E-state index in [4.69, 9.17) is 14.9 Å². The highest BCUT2D eigenvalue weighted by molar-refractivity contribution is 5.67. The number of carboxylic acid groups (broad SMARTS) is 1. The molecule has 0 saturated carbocycles. The Hall–Kier alpha value is -1.55. The van der Waals surface area contributed by atoms with Crippen molar-refractivity contribution >= 4 is 5.97 Å². The molecule has 1 aromatic carbocycles. The fourth-order valence-electron chi connectivity index (χ4n) is 1.68. The minimum absolute atomic E-state index is 0.104. The van der Waals surface area contributed by atoms with E-state index in [1.54, 1.807) is 7.11 Å². The number of aliphatic hydroxyl groups excluding tert-OH is 1. The Morgan fingerprint density at radius 1 is 1.35 bits per heavy atom. The van der Waals surface area contributed by atoms with E-state index in [1.165, 1.54) is 0 Å². The number of hydrogen-bond donors (Lipinski definition) is 2. The molecule has 0 unspecified atom stereocenters. The summed E-state index contributed by atoms with van der Waals surface area (Å²) in [6.45, 7) is 0.170. The lowest BCUT2D eigenvalue weighted by atomic mass is 10.0. The largest absolute Gasteiger partial charge is 0.496 e. The summed E-state index contributed by atoms with van der Waals surface area (Å²) in [5, 5.41) is 17.4. The zero-order chi connectivity index (χ0) is 12.7. The Balaban J connectivity index is 2.74. The molecule has 94 valence electrons. The van der Waals surface area contributed by atoms with Gasteiger partial charge in [-0.3, -0.25) is 4.79 Å². The van der Waals surface area contributed by atoms with Gasteiger partial charge in [-0.15, -0.1) is 0 Å². The van der Waals surface area contributed by atoms with Crippen LogP contribution in [0.2, 0.25) is 0 Å². The lowest BCUT2D eigenvalue weighted by Crippen LogP contribution is -2.00. The third-order valence-corrected chi connectivity index (χ3v) is 2.58. The van der Waals surface area contributed by atoms with Gasteiger partial charge in [0, 0.05) is 13.0 Å². The van der Waals surface area contributed by atoms with E-state index in [-0.39, 0.29) is 13.0 Å². The monoisotopic (exact) mass is 238 g/mol. The summed E-state index contributed by atoms with van der Waals surface area (Å²) in [6.07, 6.45) is 2.09. The van der Waals surface area contributed by atoms with Gasteiger partial charge in [-0.2, -0.15) is 0 Å². The van der Waals surface area contributed by atoms with Crippen molar-refractivity contribution in [3.63, 3.8) is 0 Å². The molecule has 0 atom stereocenters. The number of aryl methyl sites for hydroxylation is 2. The second-order valence-electron chi connectivity index (χ2n) is 3.87. The van der Waals surface area contributed by atoms with Gasteiger partial charge in [-0.05, 0) is 36.5 Å². The van der Waals surface area contributed by atoms with Crippen molar-refractivity contribution in [1.82, 2.24) is 0 Å². The molecule has 0 radical (unpaired) electrons. The molecule has 0 saturated heterocycles. The number of benzene rings is 1. The van der Waals surface area contributed by atoms with Crippen LogP contribution in [0, 0.1) is 0 Å². The number of methoxy groups -OCH3 is 1. The molecule has 2 N–H and O–H groups in total. The summed E-state index contributed by atoms with van der Waals surface area (Å²) in [7, 11) is 1.58. The average molecular weight is 238 g/mol. The Kier molecular flexibility index (Phi) is 5.49. The van der Waals surface area contributed by atoms with E-state index in [0.717, 1.165) is 29.7 Å². The second-order valence-corrected chi connectivity index (χ2v) is 3.87. The van der Waals surface area contributed by atoms with Gasteiger partial charge in [0.25, 0.3) is 0 Å². The standard InChI is InChI=1S/C13H18O4/c1-17-12-9-10(3-2-8-14)4-5-11(12)6-7-13(15)16/h4-5,9,14H,2-3,6-8H2,1H3,(H,15,16). The van der Waals surface area contributed by atoms with Crippen molar-refractivity contribution in [2.24, 2.45) is 0 Å². The van der Waals surface area contributed by atoms with Crippen LogP contribution in [-0.4, -0.2) is 29.9 Å². The van der Waals surface area contributed by atoms with Crippen molar-refractivity contribution < 1.29 is 19.7 Å². The molecule has 0 amide bonds. The summed E-state index contributed by atoms with van der Waals surface area (Å²) >= 11 is 0. The number of ether oxygens (including phenoxy) is 1. The molecule has 4 nitrogen and oxygen atoms in total. The quantitative estimate of drug-likeness (QED) is 0.757. The van der Waals surface area contributed by atoms with Crippen LogP contribution in [0.4, 0.5) is 0 Å². The second kappa shape index (κ2) is 6.91. The van der Waals surface area contributed by atoms with Gasteiger partial charge in [0.1, 0.15) is 5.75 Å². The Morgan fingerprint density at radius 2 is 2.12 bits per heavy atom. The molecular weight excluding hydrogens is 220 g/mol. The van der Waals surface area contributed by atoms with Crippen LogP contribution >= 0.6 is 0 Å². The fourth-order valence-corrected chi connectivity index (χ4v) is 1.68. The SMILES string of the molecule is COc1cc(CCCO)ccc1CCC(=O)O. The van der Waals surface area contributed by atoms with Gasteiger partial charge >= 0.3 is 5.97 Å². The summed E-state index contributed by atoms with van der Waals surface area (Å²) in [4.78, 5) is 10.5. The maximum atomic E-state index is 10.5. The molecule has 0 aliphatic rings. The zero-order valence-corrected chi connectivity index (χ0v) is 9.98. The smallest absolute Gasteiger partial charge is 0.303 e. The number of rotatable bonds is 7. The highest BCUT2D eigenvalue weighted by Gasteiger charge is 2.06. The van der Waals surface area contributed by atoms with Gasteiger partial charge in [-0.1, -0.05) is 12.1 Å². The van der Waals surface area contributed by atoms with Crippen molar-refractivity contribution in [2.75, 3.05) is 13.7 Å². The minimum Gasteiger partial charge on any atom is -0.496 e. The maximum Gasteiger partial charge on any atom is 0.303 e. The van der Waals surface area contributed by atoms with Gasteiger partial charge in [0.05, 0.1) is 7.11 Å². The predicted molar refractivity (Wildman–Crippen MR) is 64.4 cm³/mol. The third-order valence-electron chi connectivity index (χ3n) is 2.58. The van der Waals surface area contributed by atoms with E-state index >= 15 is 0 Å². The van der Waals surface area contributed by atoms with Crippen LogP contribution in [0.3, 0.4) is 0 Å². The van der Waals surface area contributed by atoms with Crippen molar-refractivity contribution in [2.45, 2.75) is 25.7 Å². The Morgan fingerprint density at radius 3 is 2.71 bits per heavy atom. The molecule has 1 aromatic rings. The molecule has 0 aromatic heterocycles. The molecular formula is C13H18O4. The maximum absolute atomic E-state index is 10.5. The van der Waals surface area contributed by atoms with Crippen molar-refractivity contribution in [3.8, 4) is 5.75 Å². The van der Waals surface area contributed by atoms with E-state index in [1.807, 2.05) is 18.2 Å². The molecule has 0 heterocycles. The molecule has 0 aliphatic carbocycles. The Bertz CT molecular complexity index is 374. The van der Waals surface area contributed by atoms with Crippen LogP contribution < -0.4 is 4.74 Å². The van der Waals surface area contributed by atoms with Gasteiger partial charge in [0.2, 0.25) is 0 Å². The average Bonchev–Trinajstić information content (AvgIpc) is 2.34. The minimum atomic E-state index is -0.809. The number of carbonyl (C=O) groups is 1. The van der Waals surface area contributed by atoms with Crippen LogP contribution in [0.25, 0.3) is 0 Å². The normalized spacial score (nSPS) is 10.2. The molecule has 0 bridgehead atoms. The molecule has 4 heteroatoms. The zero-order valence-electron chi connectivity index (χ0n) is 9.98. The summed E-state index contributed by atoms with van der Waals surface area (Å²) < 4.78 is 5.24. The van der Waals surface area contributed by atoms with Gasteiger partial charge in [0.15, 0.2) is 0 Å². The Labute approximate surface area is 101 Å². The van der Waals surface area contributed by atoms with Gasteiger partial charge < -0.3 is 14.9 Å². The van der Waals surface area contributed by atoms with E-state index in [2.05, 4.69) is 0 Å². The third kappa shape index (κ3) is 4.44. The number of aliphatic hydroxyl groups is 1. The molecule has 0 spiro atoms. The van der Waals surface area contributed by atoms with E-state index in [9.17, 15) is 4.79 Å². The lowest BCUT2D eigenvalue weighted by Gasteiger charge is -2.09. The molecule has 1 rings (SSSR count). The van der Waals surface area contributed by atoms with E-state index in [0.29, 0.717) is 6.42 Å². The highest BCUT2D eigenvalue weighted by Crippen LogP contribution is 2.22. The molecule has 0 fully saturated rings. The first kappa shape index (κ1) is 13.5. The fraction of sp³-hybridized carbons (Fsp3) is 0.462. The number of carboxylic acids is 1. The number of hydrogen-bond acceptors (Lipinski definition) is 3. The van der Waals surface area contributed by atoms with Crippen LogP contribution in [0.5, 0.6) is 5.75 Å². The van der Waals surface area contributed by atoms with Crippen LogP contribution in [0.15, 0.2) is 18.2 Å². The highest BCUT2D eigenvalue weighted by atomic mass is 16.5. The van der Waals surface area contributed by atoms with Gasteiger partial charge in [-0.25, -0.2) is 0 Å². The van der Waals surface area contributed by atoms with Crippen LogP contribution in [0.1, 0.15) is 24.0 Å². The van der Waals surface area contributed by atoms with Crippen molar-refractivity contribution in [3.05, 3.63) is 29.3 Å². The topological polar surface area (TPSA) is 66.8 Å². The number of aliphatic carboxylic acids is 1. The molecule has 0 aliphatic heterocycles. The predicted octanol–water partition coefficient (Wildman–Crippen LogP) is 1.64. The van der Waals surface area contributed by atoms with E-state index < -0.39 is 5.97 Å². The summed E-state index contributed by atoms with van der Waals surface area (Å²) in [5.74, 6) is -0.0851. The van der Waals surface area contributed by atoms with Crippen molar-refractivity contribution in [1.29, 1.82) is 0 Å². The van der Waals surface area contributed by atoms with Crippen LogP contribution in [-0.2, 0) is 17.6 Å². The first-order valence-electron chi connectivity index (χ1n) is 5.66. The first-order chi connectivity index (χ1) is 8.17. The first-order valence-corrected chi connectivity index (χ1v) is 5.66. The summed E-state index contributed by atoms with van der Waals surface area (Å²) in [5.41, 5.74) is 2.00. The molecule has 17 heavy (non-hydrogen) atoms. The summed E-state index contributed by atoms with van der Waals surface area (Å²) in [6, 6.07) is 5.76. The lowest BCUT2D eigenvalue weighted by molar-refractivity contribution is -0.136.